The van der Waals surface area contributed by atoms with Crippen LogP contribution in [0.25, 0.3) is 0 Å². The minimum Gasteiger partial charge on any atom is -0.465 e. The van der Waals surface area contributed by atoms with E-state index in [2.05, 4.69) is 36.4 Å². The van der Waals surface area contributed by atoms with E-state index in [1.807, 2.05) is 18.2 Å². The number of benzene rings is 2. The molecule has 2 aliphatic rings. The van der Waals surface area contributed by atoms with Gasteiger partial charge < -0.3 is 9.64 Å². The Balaban J connectivity index is 1.57. The molecule has 0 saturated carbocycles. The Hall–Kier alpha value is -3.28. The number of ketones is 2. The van der Waals surface area contributed by atoms with E-state index in [1.54, 1.807) is 13.8 Å². The molecule has 0 radical (unpaired) electrons. The number of amides is 1. The number of esters is 1. The number of fused-ring (bicyclic) bond motifs is 3. The van der Waals surface area contributed by atoms with Crippen LogP contribution in [-0.4, -0.2) is 47.5 Å². The van der Waals surface area contributed by atoms with Gasteiger partial charge >= 0.3 is 5.97 Å². The fraction of sp³-hybridized carbons (Fsp3) is 0.579. The molecular formula is C38H51NO5. The fourth-order valence-corrected chi connectivity index (χ4v) is 6.56. The van der Waals surface area contributed by atoms with Gasteiger partial charge in [0.2, 0.25) is 5.78 Å². The Kier molecular flexibility index (Phi) is 12.8. The van der Waals surface area contributed by atoms with Crippen molar-refractivity contribution in [3.8, 4) is 0 Å². The molecule has 2 heterocycles. The Morgan fingerprint density at radius 3 is 2.25 bits per heavy atom. The van der Waals surface area contributed by atoms with E-state index in [1.165, 1.54) is 34.4 Å². The van der Waals surface area contributed by atoms with Gasteiger partial charge in [0.15, 0.2) is 5.78 Å². The molecule has 1 amide bonds. The molecule has 6 nitrogen and oxygen atoms in total. The van der Waals surface area contributed by atoms with E-state index < -0.39 is 23.1 Å². The van der Waals surface area contributed by atoms with Gasteiger partial charge in [-0.1, -0.05) is 86.7 Å². The summed E-state index contributed by atoms with van der Waals surface area (Å²) >= 11 is 0. The molecule has 0 aromatic heterocycles. The van der Waals surface area contributed by atoms with Crippen LogP contribution in [0.5, 0.6) is 0 Å². The smallest absolute Gasteiger partial charge is 0.305 e. The number of ether oxygens (including phenoxy) is 1. The minimum absolute atomic E-state index is 0.0229. The second-order valence-electron chi connectivity index (χ2n) is 13.5. The van der Waals surface area contributed by atoms with Gasteiger partial charge in [-0.2, -0.15) is 0 Å². The van der Waals surface area contributed by atoms with Crippen LogP contribution in [-0.2, 0) is 36.8 Å². The third kappa shape index (κ3) is 9.87. The third-order valence-electron chi connectivity index (χ3n) is 9.38. The van der Waals surface area contributed by atoms with E-state index in [0.717, 1.165) is 64.2 Å². The summed E-state index contributed by atoms with van der Waals surface area (Å²) in [6.45, 7) is 3.55. The van der Waals surface area contributed by atoms with Crippen molar-refractivity contribution in [2.45, 2.75) is 122 Å². The lowest BCUT2D eigenvalue weighted by Gasteiger charge is -2.36. The number of carbonyl (C=O) groups excluding carboxylic acids is 4. The fourth-order valence-electron chi connectivity index (χ4n) is 6.56. The number of cyclic esters (lactones) is 1. The second-order valence-corrected chi connectivity index (χ2v) is 13.5. The molecule has 2 aromatic rings. The summed E-state index contributed by atoms with van der Waals surface area (Å²) in [5.74, 6) is -1.51. The maximum atomic E-state index is 14.0. The molecule has 0 spiro atoms. The molecule has 4 rings (SSSR count). The Bertz CT molecular complexity index is 1250. The molecule has 2 aliphatic heterocycles. The Labute approximate surface area is 263 Å². The molecule has 2 bridgehead atoms. The van der Waals surface area contributed by atoms with Crippen LogP contribution in [0.2, 0.25) is 0 Å². The van der Waals surface area contributed by atoms with Crippen molar-refractivity contribution in [3.63, 3.8) is 0 Å². The number of aryl methyl sites for hydroxylation is 2. The summed E-state index contributed by atoms with van der Waals surface area (Å²) in [5.41, 5.74) is 2.57. The van der Waals surface area contributed by atoms with Gasteiger partial charge in [-0.15, -0.1) is 0 Å². The number of hydrogen-bond acceptors (Lipinski definition) is 5. The molecule has 1 fully saturated rings. The van der Waals surface area contributed by atoms with Crippen molar-refractivity contribution >= 4 is 23.4 Å². The zero-order valence-electron chi connectivity index (χ0n) is 26.9. The lowest BCUT2D eigenvalue weighted by Crippen LogP contribution is -2.53. The molecule has 238 valence electrons. The van der Waals surface area contributed by atoms with E-state index in [4.69, 9.17) is 4.74 Å². The number of rotatable bonds is 3. The van der Waals surface area contributed by atoms with Gasteiger partial charge in [-0.3, -0.25) is 19.2 Å². The minimum atomic E-state index is -1.16. The average Bonchev–Trinajstić information content (AvgIpc) is 3.04. The van der Waals surface area contributed by atoms with Gasteiger partial charge in [0.05, 0.1) is 11.5 Å². The first-order chi connectivity index (χ1) is 21.2. The van der Waals surface area contributed by atoms with Crippen molar-refractivity contribution in [3.05, 3.63) is 71.3 Å². The highest BCUT2D eigenvalue weighted by molar-refractivity contribution is 6.38. The zero-order chi connectivity index (χ0) is 31.4. The first-order valence-electron chi connectivity index (χ1n) is 16.9. The maximum Gasteiger partial charge on any atom is 0.305 e. The summed E-state index contributed by atoms with van der Waals surface area (Å²) in [5, 5.41) is 0. The average molecular weight is 602 g/mol. The highest BCUT2D eigenvalue weighted by Crippen LogP contribution is 2.31. The van der Waals surface area contributed by atoms with Crippen molar-refractivity contribution in [2.24, 2.45) is 5.41 Å². The van der Waals surface area contributed by atoms with Crippen molar-refractivity contribution in [1.82, 2.24) is 4.90 Å². The topological polar surface area (TPSA) is 80.8 Å². The predicted molar refractivity (Wildman–Crippen MR) is 173 cm³/mol. The summed E-state index contributed by atoms with van der Waals surface area (Å²) in [4.78, 5) is 55.0. The quantitative estimate of drug-likeness (QED) is 0.268. The van der Waals surface area contributed by atoms with Crippen molar-refractivity contribution < 1.29 is 23.9 Å². The van der Waals surface area contributed by atoms with Crippen molar-refractivity contribution in [2.75, 3.05) is 13.2 Å². The largest absolute Gasteiger partial charge is 0.465 e. The first-order valence-corrected chi connectivity index (χ1v) is 16.9. The normalized spacial score (nSPS) is 23.5. The summed E-state index contributed by atoms with van der Waals surface area (Å²) in [6, 6.07) is 18.5. The lowest BCUT2D eigenvalue weighted by molar-refractivity contribution is -0.158. The van der Waals surface area contributed by atoms with Gasteiger partial charge in [0.25, 0.3) is 5.91 Å². The molecule has 0 aliphatic carbocycles. The number of Topliss-reactive ketones (excluding diaryl/α,β-unsaturated/α-hetero) is 2. The standard InChI is InChI=1S/C38H51NO5/c1-38(2)28-44-35(41)22-12-7-5-3-4-6-9-18-30-19-15-20-31(26-30)32(24-23-29-16-10-8-11-17-29)27-34(40)33-21-13-14-25-39(33)37(43)36(38)42/h8,10-11,15-17,19-20,26,32-33H,3-7,9,12-14,18,21-25,27-28H2,1-2H3. The summed E-state index contributed by atoms with van der Waals surface area (Å²) in [6.07, 6.45) is 13.0. The van der Waals surface area contributed by atoms with Gasteiger partial charge in [0, 0.05) is 19.4 Å². The van der Waals surface area contributed by atoms with Gasteiger partial charge in [-0.05, 0) is 87.8 Å². The highest BCUT2D eigenvalue weighted by atomic mass is 16.5. The number of nitrogens with zero attached hydrogens (tertiary/aromatic N) is 1. The second kappa shape index (κ2) is 16.7. The summed E-state index contributed by atoms with van der Waals surface area (Å²) in [7, 11) is 0. The SMILES string of the molecule is CC1(C)COC(=O)CCCCCCCCCc2cccc(c2)C(CCc2ccccc2)CC(=O)C2CCCCN2C(=O)C1=O. The van der Waals surface area contributed by atoms with E-state index in [-0.39, 0.29) is 24.3 Å². The molecule has 44 heavy (non-hydrogen) atoms. The van der Waals surface area contributed by atoms with Crippen LogP contribution >= 0.6 is 0 Å². The number of piperidine rings is 1. The third-order valence-corrected chi connectivity index (χ3v) is 9.38. The van der Waals surface area contributed by atoms with Crippen LogP contribution in [0, 0.1) is 5.41 Å². The first kappa shape index (κ1) is 33.6. The van der Waals surface area contributed by atoms with Crippen molar-refractivity contribution in [1.29, 1.82) is 0 Å². The molecule has 2 atom stereocenters. The molecule has 2 aromatic carbocycles. The molecule has 2 unspecified atom stereocenters. The van der Waals surface area contributed by atoms with Gasteiger partial charge in [-0.25, -0.2) is 0 Å². The molecule has 0 N–H and O–H groups in total. The molecule has 1 saturated heterocycles. The Morgan fingerprint density at radius 1 is 0.795 bits per heavy atom. The van der Waals surface area contributed by atoms with E-state index in [9.17, 15) is 19.2 Å². The van der Waals surface area contributed by atoms with Crippen LogP contribution in [0.4, 0.5) is 0 Å². The Morgan fingerprint density at radius 2 is 1.50 bits per heavy atom. The van der Waals surface area contributed by atoms with E-state index in [0.29, 0.717) is 25.8 Å². The van der Waals surface area contributed by atoms with E-state index >= 15 is 0 Å². The predicted octanol–water partition coefficient (Wildman–Crippen LogP) is 7.56. The lowest BCUT2D eigenvalue weighted by atomic mass is 9.83. The summed E-state index contributed by atoms with van der Waals surface area (Å²) < 4.78 is 5.46. The molecular weight excluding hydrogens is 550 g/mol. The zero-order valence-corrected chi connectivity index (χ0v) is 26.9. The monoisotopic (exact) mass is 601 g/mol. The maximum absolute atomic E-state index is 14.0. The van der Waals surface area contributed by atoms with Crippen LogP contribution in [0.15, 0.2) is 54.6 Å². The highest BCUT2D eigenvalue weighted by Gasteiger charge is 2.41. The molecule has 6 heteroatoms. The number of hydrogen-bond donors (Lipinski definition) is 0. The van der Waals surface area contributed by atoms with Crippen LogP contribution in [0.1, 0.15) is 120 Å². The van der Waals surface area contributed by atoms with Gasteiger partial charge in [0.1, 0.15) is 6.61 Å². The van der Waals surface area contributed by atoms with Crippen LogP contribution < -0.4 is 0 Å². The number of carbonyl (C=O) groups is 4. The van der Waals surface area contributed by atoms with Crippen LogP contribution in [0.3, 0.4) is 0 Å².